The summed E-state index contributed by atoms with van der Waals surface area (Å²) in [5.74, 6) is -6.69. The van der Waals surface area contributed by atoms with Crippen molar-refractivity contribution in [2.75, 3.05) is 5.43 Å². The number of benzene rings is 1. The predicted octanol–water partition coefficient (Wildman–Crippen LogP) is 2.64. The molecule has 0 aliphatic rings. The molecule has 1 aromatic heterocycles. The molecule has 0 bridgehead atoms. The standard InChI is InChI=1S/C12H8F5N3O/c13-7-8(14)10(16)12(11(17)9(7)15)21-4-6-3-5(20-18)1-2-19-6/h1-3H,4,18H2,(H,19,20). The third-order valence-electron chi connectivity index (χ3n) is 2.52. The van der Waals surface area contributed by atoms with Crippen LogP contribution in [-0.2, 0) is 6.61 Å². The van der Waals surface area contributed by atoms with Gasteiger partial charge in [0.15, 0.2) is 5.75 Å². The molecule has 0 fully saturated rings. The number of nitrogens with zero attached hydrogens (tertiary/aromatic N) is 1. The van der Waals surface area contributed by atoms with Gasteiger partial charge in [0.25, 0.3) is 0 Å². The highest BCUT2D eigenvalue weighted by Gasteiger charge is 2.27. The van der Waals surface area contributed by atoms with Crippen LogP contribution < -0.4 is 16.0 Å². The number of rotatable bonds is 4. The number of nitrogens with two attached hydrogens (primary N) is 1. The largest absolute Gasteiger partial charge is 0.481 e. The number of nitrogens with one attached hydrogen (secondary N) is 1. The Labute approximate surface area is 115 Å². The number of halogens is 5. The van der Waals surface area contributed by atoms with Gasteiger partial charge in [0.2, 0.25) is 29.1 Å². The van der Waals surface area contributed by atoms with Crippen molar-refractivity contribution in [2.24, 2.45) is 5.84 Å². The molecule has 1 heterocycles. The smallest absolute Gasteiger partial charge is 0.207 e. The molecule has 4 nitrogen and oxygen atoms in total. The monoisotopic (exact) mass is 305 g/mol. The van der Waals surface area contributed by atoms with E-state index in [0.29, 0.717) is 5.69 Å². The van der Waals surface area contributed by atoms with Gasteiger partial charge in [-0.2, -0.15) is 8.78 Å². The lowest BCUT2D eigenvalue weighted by Gasteiger charge is -2.10. The highest BCUT2D eigenvalue weighted by atomic mass is 19.2. The van der Waals surface area contributed by atoms with Crippen molar-refractivity contribution in [3.05, 3.63) is 53.1 Å². The molecule has 0 radical (unpaired) electrons. The average molecular weight is 305 g/mol. The second kappa shape index (κ2) is 5.92. The van der Waals surface area contributed by atoms with E-state index < -0.39 is 41.4 Å². The summed E-state index contributed by atoms with van der Waals surface area (Å²) in [6.45, 7) is -0.506. The first-order valence-electron chi connectivity index (χ1n) is 5.51. The van der Waals surface area contributed by atoms with Crippen LogP contribution in [0.1, 0.15) is 5.69 Å². The summed E-state index contributed by atoms with van der Waals surface area (Å²) in [5.41, 5.74) is 2.91. The maximum absolute atomic E-state index is 13.4. The molecule has 0 atom stereocenters. The summed E-state index contributed by atoms with van der Waals surface area (Å²) in [5, 5.41) is 0. The highest BCUT2D eigenvalue weighted by molar-refractivity contribution is 5.41. The van der Waals surface area contributed by atoms with Crippen LogP contribution in [0.15, 0.2) is 18.3 Å². The normalized spacial score (nSPS) is 10.6. The minimum atomic E-state index is -2.25. The zero-order chi connectivity index (χ0) is 15.6. The van der Waals surface area contributed by atoms with Gasteiger partial charge in [-0.25, -0.2) is 13.2 Å². The van der Waals surface area contributed by atoms with Crippen LogP contribution in [0, 0.1) is 29.1 Å². The van der Waals surface area contributed by atoms with Crippen molar-refractivity contribution in [2.45, 2.75) is 6.61 Å². The first-order chi connectivity index (χ1) is 9.95. The molecule has 0 saturated heterocycles. The van der Waals surface area contributed by atoms with Crippen molar-refractivity contribution in [1.29, 1.82) is 0 Å². The van der Waals surface area contributed by atoms with E-state index in [1.807, 2.05) is 0 Å². The van der Waals surface area contributed by atoms with E-state index >= 15 is 0 Å². The van der Waals surface area contributed by atoms with Gasteiger partial charge in [0.05, 0.1) is 11.4 Å². The zero-order valence-corrected chi connectivity index (χ0v) is 10.3. The Hall–Kier alpha value is -2.42. The van der Waals surface area contributed by atoms with E-state index in [1.54, 1.807) is 0 Å². The van der Waals surface area contributed by atoms with Crippen LogP contribution in [0.25, 0.3) is 0 Å². The Balaban J connectivity index is 2.28. The molecule has 2 rings (SSSR count). The Morgan fingerprint density at radius 1 is 1.00 bits per heavy atom. The van der Waals surface area contributed by atoms with E-state index in [4.69, 9.17) is 5.84 Å². The quantitative estimate of drug-likeness (QED) is 0.300. The molecule has 3 N–H and O–H groups in total. The molecule has 0 unspecified atom stereocenters. The average Bonchev–Trinajstić information content (AvgIpc) is 2.51. The van der Waals surface area contributed by atoms with E-state index in [2.05, 4.69) is 15.1 Å². The Morgan fingerprint density at radius 2 is 1.57 bits per heavy atom. The molecule has 0 aliphatic heterocycles. The van der Waals surface area contributed by atoms with Gasteiger partial charge in [0, 0.05) is 6.20 Å². The number of hydrogen-bond donors (Lipinski definition) is 2. The fraction of sp³-hybridized carbons (Fsp3) is 0.0833. The number of hydrazine groups is 1. The summed E-state index contributed by atoms with van der Waals surface area (Å²) < 4.78 is 70.1. The lowest BCUT2D eigenvalue weighted by Crippen LogP contribution is -2.09. The number of hydrogen-bond acceptors (Lipinski definition) is 4. The molecule has 9 heteroatoms. The molecular weight excluding hydrogens is 297 g/mol. The molecule has 21 heavy (non-hydrogen) atoms. The van der Waals surface area contributed by atoms with Gasteiger partial charge < -0.3 is 10.2 Å². The molecule has 0 aliphatic carbocycles. The van der Waals surface area contributed by atoms with E-state index in [-0.39, 0.29) is 5.69 Å². The second-order valence-corrected chi connectivity index (χ2v) is 3.87. The minimum absolute atomic E-state index is 0.175. The fourth-order valence-electron chi connectivity index (χ4n) is 1.50. The molecular formula is C12H8F5N3O. The van der Waals surface area contributed by atoms with Crippen molar-refractivity contribution < 1.29 is 26.7 Å². The van der Waals surface area contributed by atoms with Gasteiger partial charge in [-0.3, -0.25) is 10.8 Å². The fourth-order valence-corrected chi connectivity index (χ4v) is 1.50. The Morgan fingerprint density at radius 3 is 2.14 bits per heavy atom. The number of nitrogen functional groups attached to an aromatic ring is 1. The van der Waals surface area contributed by atoms with Gasteiger partial charge in [-0.15, -0.1) is 0 Å². The van der Waals surface area contributed by atoms with Crippen LogP contribution in [0.4, 0.5) is 27.6 Å². The van der Waals surface area contributed by atoms with E-state index in [9.17, 15) is 22.0 Å². The molecule has 1 aromatic carbocycles. The van der Waals surface area contributed by atoms with Crippen LogP contribution in [0.3, 0.4) is 0 Å². The maximum atomic E-state index is 13.4. The molecule has 0 spiro atoms. The summed E-state index contributed by atoms with van der Waals surface area (Å²) in [6.07, 6.45) is 1.33. The minimum Gasteiger partial charge on any atom is -0.481 e. The van der Waals surface area contributed by atoms with Crippen LogP contribution in [0.5, 0.6) is 5.75 Å². The van der Waals surface area contributed by atoms with Crippen LogP contribution in [0.2, 0.25) is 0 Å². The number of ether oxygens (including phenoxy) is 1. The molecule has 112 valence electrons. The lowest BCUT2D eigenvalue weighted by atomic mass is 10.2. The first kappa shape index (κ1) is 15.0. The van der Waals surface area contributed by atoms with Gasteiger partial charge in [-0.1, -0.05) is 0 Å². The first-order valence-corrected chi connectivity index (χ1v) is 5.51. The summed E-state index contributed by atoms with van der Waals surface area (Å²) in [4.78, 5) is 3.80. The lowest BCUT2D eigenvalue weighted by molar-refractivity contribution is 0.250. The van der Waals surface area contributed by atoms with Gasteiger partial charge >= 0.3 is 0 Å². The number of aromatic nitrogens is 1. The third kappa shape index (κ3) is 2.87. The molecule has 0 amide bonds. The predicted molar refractivity (Wildman–Crippen MR) is 62.6 cm³/mol. The van der Waals surface area contributed by atoms with Gasteiger partial charge in [0.1, 0.15) is 6.61 Å². The van der Waals surface area contributed by atoms with Crippen molar-refractivity contribution in [1.82, 2.24) is 4.98 Å². The van der Waals surface area contributed by atoms with Crippen LogP contribution >= 0.6 is 0 Å². The summed E-state index contributed by atoms with van der Waals surface area (Å²) >= 11 is 0. The van der Waals surface area contributed by atoms with Crippen molar-refractivity contribution in [3.8, 4) is 5.75 Å². The SMILES string of the molecule is NNc1ccnc(COc2c(F)c(F)c(F)c(F)c2F)c1. The Bertz CT molecular complexity index is 651. The van der Waals surface area contributed by atoms with Crippen molar-refractivity contribution >= 4 is 5.69 Å². The topological polar surface area (TPSA) is 60.2 Å². The van der Waals surface area contributed by atoms with Gasteiger partial charge in [-0.05, 0) is 12.1 Å². The molecule has 2 aromatic rings. The van der Waals surface area contributed by atoms with Crippen molar-refractivity contribution in [3.63, 3.8) is 0 Å². The Kier molecular flexibility index (Phi) is 4.22. The number of anilines is 1. The van der Waals surface area contributed by atoms with E-state index in [1.165, 1.54) is 18.3 Å². The maximum Gasteiger partial charge on any atom is 0.207 e. The third-order valence-corrected chi connectivity index (χ3v) is 2.52. The highest BCUT2D eigenvalue weighted by Crippen LogP contribution is 2.29. The van der Waals surface area contributed by atoms with Crippen LogP contribution in [-0.4, -0.2) is 4.98 Å². The summed E-state index contributed by atoms with van der Waals surface area (Å²) in [6, 6.07) is 2.88. The molecule has 0 saturated carbocycles. The number of pyridine rings is 1. The summed E-state index contributed by atoms with van der Waals surface area (Å²) in [7, 11) is 0. The van der Waals surface area contributed by atoms with E-state index in [0.717, 1.165) is 0 Å². The second-order valence-electron chi connectivity index (χ2n) is 3.87. The zero-order valence-electron chi connectivity index (χ0n) is 10.3.